The van der Waals surface area contributed by atoms with Gasteiger partial charge in [-0.1, -0.05) is 0 Å². The molecule has 2 heterocycles. The maximum Gasteiger partial charge on any atom is 0.203 e. The van der Waals surface area contributed by atoms with Crippen LogP contribution in [-0.4, -0.2) is 28.8 Å². The van der Waals surface area contributed by atoms with E-state index in [2.05, 4.69) is 34.9 Å². The predicted molar refractivity (Wildman–Crippen MR) is 69.4 cm³/mol. The van der Waals surface area contributed by atoms with E-state index in [1.54, 1.807) is 0 Å². The Hall–Kier alpha value is -1.03. The molecule has 1 N–H and O–H groups in total. The Morgan fingerprint density at radius 2 is 2.41 bits per heavy atom. The van der Waals surface area contributed by atoms with Crippen molar-refractivity contribution >= 4 is 5.95 Å². The average molecular weight is 237 g/mol. The summed E-state index contributed by atoms with van der Waals surface area (Å²) in [5, 5.41) is 3.41. The number of aromatic nitrogens is 2. The highest BCUT2D eigenvalue weighted by atomic mass is 16.5. The van der Waals surface area contributed by atoms with Gasteiger partial charge in [0.05, 0.1) is 11.8 Å². The summed E-state index contributed by atoms with van der Waals surface area (Å²) < 4.78 is 7.79. The van der Waals surface area contributed by atoms with Crippen LogP contribution >= 0.6 is 0 Å². The third-order valence-corrected chi connectivity index (χ3v) is 3.18. The molecule has 1 aromatic rings. The number of anilines is 1. The van der Waals surface area contributed by atoms with Crippen molar-refractivity contribution in [1.82, 2.24) is 9.55 Å². The van der Waals surface area contributed by atoms with Crippen molar-refractivity contribution in [1.29, 1.82) is 0 Å². The van der Waals surface area contributed by atoms with Crippen LogP contribution in [0.4, 0.5) is 5.95 Å². The molecule has 1 fully saturated rings. The Labute approximate surface area is 103 Å². The van der Waals surface area contributed by atoms with E-state index in [0.29, 0.717) is 12.1 Å². The second-order valence-corrected chi connectivity index (χ2v) is 5.06. The third-order valence-electron chi connectivity index (χ3n) is 3.18. The number of nitrogens with one attached hydrogen (secondary N) is 1. The second kappa shape index (κ2) is 5.54. The Kier molecular flexibility index (Phi) is 4.05. The van der Waals surface area contributed by atoms with Gasteiger partial charge >= 0.3 is 0 Å². The molecule has 2 rings (SSSR count). The number of rotatable bonds is 5. The average Bonchev–Trinajstić information content (AvgIpc) is 2.88. The summed E-state index contributed by atoms with van der Waals surface area (Å²) in [6.45, 7) is 8.25. The summed E-state index contributed by atoms with van der Waals surface area (Å²) in [4.78, 5) is 4.51. The molecule has 1 aliphatic rings. The lowest BCUT2D eigenvalue weighted by Gasteiger charge is -2.14. The van der Waals surface area contributed by atoms with Crippen LogP contribution in [0.15, 0.2) is 6.20 Å². The Morgan fingerprint density at radius 3 is 3.06 bits per heavy atom. The van der Waals surface area contributed by atoms with Crippen molar-refractivity contribution in [3.05, 3.63) is 11.9 Å². The van der Waals surface area contributed by atoms with Gasteiger partial charge in [-0.3, -0.25) is 0 Å². The summed E-state index contributed by atoms with van der Waals surface area (Å²) in [5.74, 6) is 0.982. The number of ether oxygens (including phenoxy) is 1. The maximum absolute atomic E-state index is 5.61. The van der Waals surface area contributed by atoms with E-state index >= 15 is 0 Å². The Morgan fingerprint density at radius 1 is 1.59 bits per heavy atom. The van der Waals surface area contributed by atoms with Crippen molar-refractivity contribution in [2.75, 3.05) is 18.5 Å². The number of nitrogens with zero attached hydrogens (tertiary/aromatic N) is 2. The highest BCUT2D eigenvalue weighted by molar-refractivity contribution is 5.29. The molecule has 0 radical (unpaired) electrons. The molecule has 17 heavy (non-hydrogen) atoms. The molecule has 4 heteroatoms. The van der Waals surface area contributed by atoms with Crippen LogP contribution in [-0.2, 0) is 4.74 Å². The van der Waals surface area contributed by atoms with E-state index in [1.807, 2.05) is 6.92 Å². The van der Waals surface area contributed by atoms with E-state index in [4.69, 9.17) is 4.74 Å². The zero-order valence-corrected chi connectivity index (χ0v) is 11.1. The minimum atomic E-state index is 0.446. The fourth-order valence-corrected chi connectivity index (χ4v) is 2.26. The first-order chi connectivity index (χ1) is 8.16. The molecule has 0 spiro atoms. The van der Waals surface area contributed by atoms with Crippen LogP contribution in [0.2, 0.25) is 0 Å². The highest BCUT2D eigenvalue weighted by Gasteiger charge is 2.15. The Balaban J connectivity index is 1.85. The van der Waals surface area contributed by atoms with Gasteiger partial charge in [-0.05, 0) is 40.0 Å². The number of imidazole rings is 1. The fraction of sp³-hybridized carbons (Fsp3) is 0.769. The smallest absolute Gasteiger partial charge is 0.203 e. The molecule has 0 amide bonds. The van der Waals surface area contributed by atoms with E-state index in [9.17, 15) is 0 Å². The Bertz CT molecular complexity index is 354. The van der Waals surface area contributed by atoms with Gasteiger partial charge in [0.25, 0.3) is 0 Å². The fourth-order valence-electron chi connectivity index (χ4n) is 2.26. The molecule has 1 unspecified atom stereocenters. The van der Waals surface area contributed by atoms with E-state index in [-0.39, 0.29) is 0 Å². The molecule has 0 bridgehead atoms. The van der Waals surface area contributed by atoms with Crippen LogP contribution in [0.5, 0.6) is 0 Å². The van der Waals surface area contributed by atoms with E-state index in [1.165, 1.54) is 12.8 Å². The lowest BCUT2D eigenvalue weighted by molar-refractivity contribution is 0.107. The minimum absolute atomic E-state index is 0.446. The first-order valence-corrected chi connectivity index (χ1v) is 6.58. The zero-order valence-electron chi connectivity index (χ0n) is 11.1. The topological polar surface area (TPSA) is 39.1 Å². The van der Waals surface area contributed by atoms with Gasteiger partial charge in [0, 0.05) is 25.4 Å². The largest absolute Gasteiger partial charge is 0.378 e. The standard InChI is InChI=1S/C13H23N3O/c1-10(2)16-9-11(3)15-13(16)14-7-6-12-5-4-8-17-12/h9-10,12H,4-8H2,1-3H3,(H,14,15). The number of hydrogen-bond donors (Lipinski definition) is 1. The van der Waals surface area contributed by atoms with Crippen molar-refractivity contribution in [3.63, 3.8) is 0 Å². The lowest BCUT2D eigenvalue weighted by Crippen LogP contribution is -2.15. The molecule has 96 valence electrons. The van der Waals surface area contributed by atoms with Crippen molar-refractivity contribution in [3.8, 4) is 0 Å². The van der Waals surface area contributed by atoms with Gasteiger partial charge in [0.2, 0.25) is 5.95 Å². The lowest BCUT2D eigenvalue weighted by atomic mass is 10.2. The van der Waals surface area contributed by atoms with Crippen LogP contribution < -0.4 is 5.32 Å². The highest BCUT2D eigenvalue weighted by Crippen LogP contribution is 2.17. The minimum Gasteiger partial charge on any atom is -0.378 e. The molecule has 0 saturated carbocycles. The third kappa shape index (κ3) is 3.22. The van der Waals surface area contributed by atoms with Gasteiger partial charge < -0.3 is 14.6 Å². The molecular weight excluding hydrogens is 214 g/mol. The first kappa shape index (κ1) is 12.4. The van der Waals surface area contributed by atoms with Crippen LogP contribution in [0.3, 0.4) is 0 Å². The van der Waals surface area contributed by atoms with Gasteiger partial charge in [-0.25, -0.2) is 4.98 Å². The number of hydrogen-bond acceptors (Lipinski definition) is 3. The second-order valence-electron chi connectivity index (χ2n) is 5.06. The summed E-state index contributed by atoms with van der Waals surface area (Å²) in [7, 11) is 0. The summed E-state index contributed by atoms with van der Waals surface area (Å²) >= 11 is 0. The van der Waals surface area contributed by atoms with Gasteiger partial charge in [0.1, 0.15) is 0 Å². The monoisotopic (exact) mass is 237 g/mol. The summed E-state index contributed by atoms with van der Waals surface area (Å²) in [6, 6.07) is 0.446. The molecule has 0 aromatic carbocycles. The molecule has 1 aliphatic heterocycles. The van der Waals surface area contributed by atoms with Crippen LogP contribution in [0, 0.1) is 6.92 Å². The van der Waals surface area contributed by atoms with Crippen molar-refractivity contribution < 1.29 is 4.74 Å². The van der Waals surface area contributed by atoms with Gasteiger partial charge in [-0.2, -0.15) is 0 Å². The predicted octanol–water partition coefficient (Wildman–Crippen LogP) is 2.75. The number of aryl methyl sites for hydroxylation is 1. The maximum atomic E-state index is 5.61. The van der Waals surface area contributed by atoms with E-state index < -0.39 is 0 Å². The normalized spacial score (nSPS) is 20.1. The van der Waals surface area contributed by atoms with Crippen molar-refractivity contribution in [2.45, 2.75) is 52.2 Å². The van der Waals surface area contributed by atoms with Gasteiger partial charge in [0.15, 0.2) is 0 Å². The van der Waals surface area contributed by atoms with Gasteiger partial charge in [-0.15, -0.1) is 0 Å². The molecule has 1 saturated heterocycles. The SMILES string of the molecule is Cc1cn(C(C)C)c(NCCC2CCCO2)n1. The van der Waals surface area contributed by atoms with Crippen LogP contribution in [0.1, 0.15) is 44.8 Å². The summed E-state index contributed by atoms with van der Waals surface area (Å²) in [6.07, 6.45) is 6.04. The molecule has 0 aliphatic carbocycles. The molecule has 1 aromatic heterocycles. The first-order valence-electron chi connectivity index (χ1n) is 6.58. The summed E-state index contributed by atoms with van der Waals surface area (Å²) in [5.41, 5.74) is 1.07. The quantitative estimate of drug-likeness (QED) is 0.856. The van der Waals surface area contributed by atoms with E-state index in [0.717, 1.165) is 31.2 Å². The molecule has 4 nitrogen and oxygen atoms in total. The zero-order chi connectivity index (χ0) is 12.3. The molecular formula is C13H23N3O. The molecule has 1 atom stereocenters. The van der Waals surface area contributed by atoms with Crippen LogP contribution in [0.25, 0.3) is 0 Å². The van der Waals surface area contributed by atoms with Crippen molar-refractivity contribution in [2.24, 2.45) is 0 Å².